The van der Waals surface area contributed by atoms with Crippen molar-refractivity contribution in [1.82, 2.24) is 19.1 Å². The second-order valence-corrected chi connectivity index (χ2v) is 7.58. The zero-order chi connectivity index (χ0) is 17.9. The van der Waals surface area contributed by atoms with Gasteiger partial charge >= 0.3 is 0 Å². The van der Waals surface area contributed by atoms with Crippen LogP contribution in [-0.2, 0) is 6.54 Å². The molecular weight excluding hydrogens is 366 g/mol. The van der Waals surface area contributed by atoms with Crippen molar-refractivity contribution in [3.63, 3.8) is 0 Å². The summed E-state index contributed by atoms with van der Waals surface area (Å²) in [5.41, 5.74) is 1.33. The SMILES string of the molecule is CCn1ncc(NC(=O)c2c(SC)nsc2SC)c1C(=O)N(C)C. The minimum Gasteiger partial charge on any atom is -0.343 e. The number of anilines is 1. The number of nitrogens with zero attached hydrogens (tertiary/aromatic N) is 4. The molecule has 2 aromatic rings. The van der Waals surface area contributed by atoms with Crippen molar-refractivity contribution in [3.8, 4) is 0 Å². The maximum absolute atomic E-state index is 12.7. The summed E-state index contributed by atoms with van der Waals surface area (Å²) >= 11 is 4.21. The predicted molar refractivity (Wildman–Crippen MR) is 99.5 cm³/mol. The molecule has 130 valence electrons. The highest BCUT2D eigenvalue weighted by molar-refractivity contribution is 8.01. The molecule has 0 saturated heterocycles. The van der Waals surface area contributed by atoms with Gasteiger partial charge in [0.05, 0.1) is 21.7 Å². The van der Waals surface area contributed by atoms with E-state index < -0.39 is 0 Å². The van der Waals surface area contributed by atoms with E-state index >= 15 is 0 Å². The van der Waals surface area contributed by atoms with E-state index in [0.717, 1.165) is 4.21 Å². The molecule has 0 radical (unpaired) electrons. The van der Waals surface area contributed by atoms with Gasteiger partial charge in [-0.15, -0.1) is 23.5 Å². The fourth-order valence-electron chi connectivity index (χ4n) is 2.07. The molecule has 0 saturated carbocycles. The minimum absolute atomic E-state index is 0.205. The molecule has 0 aromatic carbocycles. The van der Waals surface area contributed by atoms with Crippen molar-refractivity contribution >= 4 is 52.6 Å². The molecule has 0 aliphatic heterocycles. The molecule has 0 atom stereocenters. The number of hydrogen-bond donors (Lipinski definition) is 1. The molecule has 0 aliphatic rings. The Morgan fingerprint density at radius 3 is 2.58 bits per heavy atom. The van der Waals surface area contributed by atoms with Crippen molar-refractivity contribution in [1.29, 1.82) is 0 Å². The molecule has 0 aliphatic carbocycles. The fraction of sp³-hybridized carbons (Fsp3) is 0.429. The number of aryl methyl sites for hydroxylation is 1. The number of aromatic nitrogens is 3. The van der Waals surface area contributed by atoms with Gasteiger partial charge in [0.2, 0.25) is 0 Å². The number of amides is 2. The number of rotatable bonds is 6. The van der Waals surface area contributed by atoms with E-state index in [-0.39, 0.29) is 11.8 Å². The zero-order valence-electron chi connectivity index (χ0n) is 14.1. The smallest absolute Gasteiger partial charge is 0.273 e. The van der Waals surface area contributed by atoms with E-state index in [0.29, 0.717) is 28.5 Å². The average Bonchev–Trinajstić information content (AvgIpc) is 3.16. The summed E-state index contributed by atoms with van der Waals surface area (Å²) in [6, 6.07) is 0. The fourth-order valence-corrected chi connectivity index (χ4v) is 4.35. The van der Waals surface area contributed by atoms with Gasteiger partial charge in [0, 0.05) is 20.6 Å². The molecule has 0 bridgehead atoms. The van der Waals surface area contributed by atoms with Crippen LogP contribution in [0.1, 0.15) is 27.8 Å². The van der Waals surface area contributed by atoms with E-state index in [2.05, 4.69) is 14.8 Å². The Balaban J connectivity index is 2.38. The lowest BCUT2D eigenvalue weighted by Crippen LogP contribution is -2.26. The Morgan fingerprint density at radius 1 is 1.33 bits per heavy atom. The first-order valence-corrected chi connectivity index (χ1v) is 10.3. The third-order valence-electron chi connectivity index (χ3n) is 3.23. The van der Waals surface area contributed by atoms with Gasteiger partial charge in [0.1, 0.15) is 10.7 Å². The van der Waals surface area contributed by atoms with Gasteiger partial charge < -0.3 is 10.2 Å². The van der Waals surface area contributed by atoms with Gasteiger partial charge in [-0.05, 0) is 31.0 Å². The molecule has 24 heavy (non-hydrogen) atoms. The summed E-state index contributed by atoms with van der Waals surface area (Å²) in [5.74, 6) is -0.482. The molecule has 0 spiro atoms. The van der Waals surface area contributed by atoms with Gasteiger partial charge in [-0.25, -0.2) is 0 Å². The number of carbonyl (C=O) groups excluding carboxylic acids is 2. The summed E-state index contributed by atoms with van der Waals surface area (Å²) in [6.07, 6.45) is 5.30. The Labute approximate surface area is 153 Å². The summed E-state index contributed by atoms with van der Waals surface area (Å²) in [7, 11) is 3.34. The van der Waals surface area contributed by atoms with E-state index in [1.54, 1.807) is 18.8 Å². The minimum atomic E-state index is -0.277. The van der Waals surface area contributed by atoms with Crippen molar-refractivity contribution < 1.29 is 9.59 Å². The average molecular weight is 386 g/mol. The number of nitrogens with one attached hydrogen (secondary N) is 1. The summed E-state index contributed by atoms with van der Waals surface area (Å²) in [5, 5.41) is 7.70. The molecule has 2 rings (SSSR count). The van der Waals surface area contributed by atoms with Gasteiger partial charge in [0.25, 0.3) is 11.8 Å². The largest absolute Gasteiger partial charge is 0.343 e. The maximum Gasteiger partial charge on any atom is 0.273 e. The normalized spacial score (nSPS) is 10.7. The van der Waals surface area contributed by atoms with E-state index in [1.807, 2.05) is 19.4 Å². The van der Waals surface area contributed by atoms with Crippen molar-refractivity contribution in [2.24, 2.45) is 0 Å². The molecule has 0 fully saturated rings. The maximum atomic E-state index is 12.7. The molecule has 10 heteroatoms. The van der Waals surface area contributed by atoms with Crippen LogP contribution < -0.4 is 5.32 Å². The number of thioether (sulfide) groups is 2. The highest BCUT2D eigenvalue weighted by Gasteiger charge is 2.25. The molecule has 7 nitrogen and oxygen atoms in total. The van der Waals surface area contributed by atoms with Crippen LogP contribution in [0.2, 0.25) is 0 Å². The molecule has 2 amide bonds. The summed E-state index contributed by atoms with van der Waals surface area (Å²) < 4.78 is 6.73. The van der Waals surface area contributed by atoms with Crippen LogP contribution in [0.15, 0.2) is 15.4 Å². The standard InChI is InChI=1S/C14H19N5O2S3/c1-6-19-10(13(21)18(2)3)8(7-15-19)16-11(20)9-12(22-4)17-24-14(9)23-5/h7H,6H2,1-5H3,(H,16,20). The van der Waals surface area contributed by atoms with Crippen LogP contribution in [0.4, 0.5) is 5.69 Å². The van der Waals surface area contributed by atoms with Crippen molar-refractivity contribution in [2.75, 3.05) is 31.9 Å². The first-order chi connectivity index (χ1) is 11.4. The molecule has 2 aromatic heterocycles. The third-order valence-corrected chi connectivity index (χ3v) is 5.97. The second-order valence-electron chi connectivity index (χ2n) is 4.93. The zero-order valence-corrected chi connectivity index (χ0v) is 16.6. The molecule has 0 unspecified atom stereocenters. The van der Waals surface area contributed by atoms with Crippen LogP contribution in [0.25, 0.3) is 0 Å². The van der Waals surface area contributed by atoms with Gasteiger partial charge in [0.15, 0.2) is 0 Å². The van der Waals surface area contributed by atoms with E-state index in [4.69, 9.17) is 0 Å². The first-order valence-electron chi connectivity index (χ1n) is 7.11. The quantitative estimate of drug-likeness (QED) is 0.770. The Kier molecular flexibility index (Phi) is 6.30. The van der Waals surface area contributed by atoms with Crippen LogP contribution in [0, 0.1) is 0 Å². The summed E-state index contributed by atoms with van der Waals surface area (Å²) in [6.45, 7) is 2.43. The van der Waals surface area contributed by atoms with Crippen LogP contribution in [0.3, 0.4) is 0 Å². The predicted octanol–water partition coefficient (Wildman–Crippen LogP) is 2.76. The third kappa shape index (κ3) is 3.60. The first kappa shape index (κ1) is 18.8. The number of hydrogen-bond acceptors (Lipinski definition) is 7. The monoisotopic (exact) mass is 385 g/mol. The lowest BCUT2D eigenvalue weighted by molar-refractivity contribution is 0.0816. The Morgan fingerprint density at radius 2 is 2.04 bits per heavy atom. The van der Waals surface area contributed by atoms with Crippen LogP contribution >= 0.6 is 35.1 Å². The van der Waals surface area contributed by atoms with Crippen LogP contribution in [-0.4, -0.2) is 57.5 Å². The van der Waals surface area contributed by atoms with Gasteiger partial charge in [-0.1, -0.05) is 0 Å². The van der Waals surface area contributed by atoms with Gasteiger partial charge in [-0.3, -0.25) is 14.3 Å². The van der Waals surface area contributed by atoms with E-state index in [9.17, 15) is 9.59 Å². The van der Waals surface area contributed by atoms with Gasteiger partial charge in [-0.2, -0.15) is 9.47 Å². The Bertz CT molecular complexity index is 732. The lowest BCUT2D eigenvalue weighted by Gasteiger charge is -2.13. The number of carbonyl (C=O) groups is 2. The summed E-state index contributed by atoms with van der Waals surface area (Å²) in [4.78, 5) is 26.6. The molecule has 1 N–H and O–H groups in total. The highest BCUT2D eigenvalue weighted by Crippen LogP contribution is 2.33. The van der Waals surface area contributed by atoms with Crippen molar-refractivity contribution in [3.05, 3.63) is 17.5 Å². The highest BCUT2D eigenvalue weighted by atomic mass is 32.2. The topological polar surface area (TPSA) is 80.1 Å². The van der Waals surface area contributed by atoms with Crippen LogP contribution in [0.5, 0.6) is 0 Å². The lowest BCUT2D eigenvalue weighted by atomic mass is 10.3. The molecule has 2 heterocycles. The second kappa shape index (κ2) is 8.04. The molecular formula is C14H19N5O2S3. The Hall–Kier alpha value is -1.52. The van der Waals surface area contributed by atoms with Crippen molar-refractivity contribution in [2.45, 2.75) is 22.7 Å². The van der Waals surface area contributed by atoms with E-state index in [1.165, 1.54) is 46.2 Å².